The van der Waals surface area contributed by atoms with Crippen molar-refractivity contribution in [3.63, 3.8) is 0 Å². The van der Waals surface area contributed by atoms with Gasteiger partial charge in [0.05, 0.1) is 0 Å². The molecule has 0 spiro atoms. The molecule has 2 atom stereocenters. The molecule has 0 saturated heterocycles. The van der Waals surface area contributed by atoms with E-state index in [2.05, 4.69) is 20.4 Å². The third-order valence-corrected chi connectivity index (χ3v) is 2.48. The summed E-state index contributed by atoms with van der Waals surface area (Å²) in [5.74, 6) is 2.90. The second kappa shape index (κ2) is 1.93. The lowest BCUT2D eigenvalue weighted by molar-refractivity contribution is 0.753. The van der Waals surface area contributed by atoms with Gasteiger partial charge >= 0.3 is 0 Å². The molecule has 0 N–H and O–H groups in total. The molecule has 0 nitrogen and oxygen atoms in total. The van der Waals surface area contributed by atoms with Crippen molar-refractivity contribution in [1.82, 2.24) is 0 Å². The molecule has 0 heterocycles. The topological polar surface area (TPSA) is 0 Å². The third-order valence-electron chi connectivity index (χ3n) is 2.48. The van der Waals surface area contributed by atoms with Crippen molar-refractivity contribution in [2.45, 2.75) is 20.3 Å². The van der Waals surface area contributed by atoms with E-state index >= 15 is 0 Å². The van der Waals surface area contributed by atoms with Crippen molar-refractivity contribution in [2.24, 2.45) is 17.8 Å². The highest BCUT2D eigenvalue weighted by Gasteiger charge is 2.40. The first kappa shape index (κ1) is 5.87. The predicted octanol–water partition coefficient (Wildman–Crippen LogP) is 2.46. The summed E-state index contributed by atoms with van der Waals surface area (Å²) in [5.41, 5.74) is 0. The van der Waals surface area contributed by atoms with Gasteiger partial charge in [-0.3, -0.25) is 0 Å². The lowest BCUT2D eigenvalue weighted by Crippen LogP contribution is -1.72. The minimum atomic E-state index is 0.965. The highest BCUT2D eigenvalue weighted by Crippen LogP contribution is 2.47. The Labute approximate surface area is 51.6 Å². The van der Waals surface area contributed by atoms with Crippen LogP contribution < -0.4 is 0 Å². The first-order valence-corrected chi connectivity index (χ1v) is 3.38. The van der Waals surface area contributed by atoms with Gasteiger partial charge < -0.3 is 0 Å². The molecule has 2 unspecified atom stereocenters. The fourth-order valence-corrected chi connectivity index (χ4v) is 1.39. The van der Waals surface area contributed by atoms with Crippen molar-refractivity contribution < 1.29 is 0 Å². The molecule has 8 heavy (non-hydrogen) atoms. The second-order valence-electron chi connectivity index (χ2n) is 2.91. The normalized spacial score (nSPS) is 44.0. The standard InChI is InChI=1S/C8H14/c1-4-5-8-6(2)7(8)3/h4,6-8H,1,5H2,2-3H3. The van der Waals surface area contributed by atoms with Crippen molar-refractivity contribution in [3.05, 3.63) is 12.7 Å². The number of allylic oxidation sites excluding steroid dienone is 1. The first-order chi connectivity index (χ1) is 3.77. The van der Waals surface area contributed by atoms with E-state index < -0.39 is 0 Å². The van der Waals surface area contributed by atoms with Gasteiger partial charge in [-0.25, -0.2) is 0 Å². The largest absolute Gasteiger partial charge is 0.103 e. The summed E-state index contributed by atoms with van der Waals surface area (Å²) in [6.45, 7) is 8.35. The van der Waals surface area contributed by atoms with Gasteiger partial charge in [0.25, 0.3) is 0 Å². The zero-order chi connectivity index (χ0) is 6.15. The van der Waals surface area contributed by atoms with Crippen LogP contribution in [0.15, 0.2) is 12.7 Å². The van der Waals surface area contributed by atoms with E-state index in [-0.39, 0.29) is 0 Å². The van der Waals surface area contributed by atoms with Crippen LogP contribution in [0.4, 0.5) is 0 Å². The van der Waals surface area contributed by atoms with Gasteiger partial charge in [0.2, 0.25) is 0 Å². The Bertz CT molecular complexity index is 86.2. The smallest absolute Gasteiger partial charge is 0.0320 e. The van der Waals surface area contributed by atoms with Crippen LogP contribution in [0.5, 0.6) is 0 Å². The average Bonchev–Trinajstić information content (AvgIpc) is 2.25. The highest BCUT2D eigenvalue weighted by molar-refractivity contribution is 4.94. The van der Waals surface area contributed by atoms with Crippen molar-refractivity contribution in [1.29, 1.82) is 0 Å². The monoisotopic (exact) mass is 110 g/mol. The summed E-state index contributed by atoms with van der Waals surface area (Å²) >= 11 is 0. The van der Waals surface area contributed by atoms with Crippen LogP contribution in [-0.2, 0) is 0 Å². The van der Waals surface area contributed by atoms with E-state index in [9.17, 15) is 0 Å². The summed E-state index contributed by atoms with van der Waals surface area (Å²) in [6, 6.07) is 0. The molecular formula is C8H14. The number of rotatable bonds is 2. The molecule has 46 valence electrons. The van der Waals surface area contributed by atoms with Crippen LogP contribution in [-0.4, -0.2) is 0 Å². The quantitative estimate of drug-likeness (QED) is 0.479. The summed E-state index contributed by atoms with van der Waals surface area (Å²) in [6.07, 6.45) is 3.26. The molecule has 1 fully saturated rings. The number of hydrogen-bond donors (Lipinski definition) is 0. The Morgan fingerprint density at radius 1 is 1.38 bits per heavy atom. The summed E-state index contributed by atoms with van der Waals surface area (Å²) < 4.78 is 0. The maximum absolute atomic E-state index is 3.71. The Morgan fingerprint density at radius 2 is 1.88 bits per heavy atom. The Kier molecular flexibility index (Phi) is 1.41. The van der Waals surface area contributed by atoms with E-state index in [4.69, 9.17) is 0 Å². The third kappa shape index (κ3) is 0.795. The molecule has 1 saturated carbocycles. The van der Waals surface area contributed by atoms with Gasteiger partial charge in [-0.2, -0.15) is 0 Å². The van der Waals surface area contributed by atoms with E-state index in [0.717, 1.165) is 17.8 Å². The van der Waals surface area contributed by atoms with Crippen LogP contribution in [0.25, 0.3) is 0 Å². The van der Waals surface area contributed by atoms with Crippen LogP contribution in [0.3, 0.4) is 0 Å². The van der Waals surface area contributed by atoms with E-state index in [1.807, 2.05) is 6.08 Å². The summed E-state index contributed by atoms with van der Waals surface area (Å²) in [5, 5.41) is 0. The van der Waals surface area contributed by atoms with E-state index in [0.29, 0.717) is 0 Å². The fraction of sp³-hybridized carbons (Fsp3) is 0.750. The molecule has 1 aliphatic carbocycles. The molecular weight excluding hydrogens is 96.1 g/mol. The molecule has 0 aromatic rings. The van der Waals surface area contributed by atoms with Gasteiger partial charge in [-0.05, 0) is 24.2 Å². The lowest BCUT2D eigenvalue weighted by atomic mass is 10.2. The van der Waals surface area contributed by atoms with Crippen molar-refractivity contribution >= 4 is 0 Å². The molecule has 0 aromatic carbocycles. The maximum atomic E-state index is 3.71. The highest BCUT2D eigenvalue weighted by atomic mass is 14.5. The molecule has 0 amide bonds. The van der Waals surface area contributed by atoms with Crippen LogP contribution >= 0.6 is 0 Å². The van der Waals surface area contributed by atoms with E-state index in [1.165, 1.54) is 6.42 Å². The maximum Gasteiger partial charge on any atom is -0.0320 e. The van der Waals surface area contributed by atoms with Gasteiger partial charge in [-0.1, -0.05) is 19.9 Å². The molecule has 0 heteroatoms. The lowest BCUT2D eigenvalue weighted by Gasteiger charge is -1.83. The van der Waals surface area contributed by atoms with Gasteiger partial charge in [0.15, 0.2) is 0 Å². The zero-order valence-electron chi connectivity index (χ0n) is 5.72. The number of hydrogen-bond acceptors (Lipinski definition) is 0. The average molecular weight is 110 g/mol. The van der Waals surface area contributed by atoms with Gasteiger partial charge in [0.1, 0.15) is 0 Å². The Morgan fingerprint density at radius 3 is 2.00 bits per heavy atom. The van der Waals surface area contributed by atoms with E-state index in [1.54, 1.807) is 0 Å². The summed E-state index contributed by atoms with van der Waals surface area (Å²) in [7, 11) is 0. The molecule has 0 aliphatic heterocycles. The minimum absolute atomic E-state index is 0.965. The SMILES string of the molecule is C=CCC1C(C)C1C. The first-order valence-electron chi connectivity index (χ1n) is 3.38. The van der Waals surface area contributed by atoms with Crippen molar-refractivity contribution in [2.75, 3.05) is 0 Å². The predicted molar refractivity (Wildman–Crippen MR) is 36.6 cm³/mol. The van der Waals surface area contributed by atoms with Gasteiger partial charge in [0, 0.05) is 0 Å². The van der Waals surface area contributed by atoms with Crippen LogP contribution in [0, 0.1) is 17.8 Å². The minimum Gasteiger partial charge on any atom is -0.103 e. The Balaban J connectivity index is 2.22. The van der Waals surface area contributed by atoms with Crippen LogP contribution in [0.2, 0.25) is 0 Å². The summed E-state index contributed by atoms with van der Waals surface area (Å²) in [4.78, 5) is 0. The van der Waals surface area contributed by atoms with Crippen LogP contribution in [0.1, 0.15) is 20.3 Å². The van der Waals surface area contributed by atoms with Gasteiger partial charge in [-0.15, -0.1) is 6.58 Å². The molecule has 1 rings (SSSR count). The molecule has 1 aliphatic rings. The Hall–Kier alpha value is -0.260. The molecule has 0 radical (unpaired) electrons. The molecule has 0 aromatic heterocycles. The zero-order valence-corrected chi connectivity index (χ0v) is 5.72. The fourth-order valence-electron chi connectivity index (χ4n) is 1.39. The second-order valence-corrected chi connectivity index (χ2v) is 2.91. The van der Waals surface area contributed by atoms with Crippen molar-refractivity contribution in [3.8, 4) is 0 Å². The molecule has 0 bridgehead atoms.